The summed E-state index contributed by atoms with van der Waals surface area (Å²) in [6.45, 7) is 15.4. The molecule has 0 aromatic carbocycles. The minimum atomic E-state index is 0.681. The quantitative estimate of drug-likeness (QED) is 0.541. The third kappa shape index (κ3) is 3.00. The van der Waals surface area contributed by atoms with Gasteiger partial charge in [-0.05, 0) is 23.7 Å². The van der Waals surface area contributed by atoms with Gasteiger partial charge in [0.05, 0.1) is 0 Å². The monoisotopic (exact) mass is 168 g/mol. The molecule has 0 radical (unpaired) electrons. The summed E-state index contributed by atoms with van der Waals surface area (Å²) in [6.07, 6.45) is 3.40. The van der Waals surface area contributed by atoms with E-state index in [1.54, 1.807) is 0 Å². The lowest BCUT2D eigenvalue weighted by atomic mass is 9.77. The van der Waals surface area contributed by atoms with E-state index in [0.717, 1.165) is 17.8 Å². The molecule has 0 N–H and O–H groups in total. The van der Waals surface area contributed by atoms with Crippen molar-refractivity contribution in [1.29, 1.82) is 0 Å². The molecule has 0 aliphatic rings. The SMILES string of the molecule is C=CC(C(C)C)C(C)C(C)CC. The Morgan fingerprint density at radius 2 is 1.67 bits per heavy atom. The Morgan fingerprint density at radius 1 is 1.17 bits per heavy atom. The average molecular weight is 168 g/mol. The largest absolute Gasteiger partial charge is 0.103 e. The normalized spacial score (nSPS) is 18.8. The molecule has 0 heteroatoms. The zero-order chi connectivity index (χ0) is 9.72. The van der Waals surface area contributed by atoms with Crippen LogP contribution in [0.15, 0.2) is 12.7 Å². The van der Waals surface area contributed by atoms with E-state index in [-0.39, 0.29) is 0 Å². The number of hydrogen-bond acceptors (Lipinski definition) is 0. The number of allylic oxidation sites excluding steroid dienone is 1. The van der Waals surface area contributed by atoms with Gasteiger partial charge >= 0.3 is 0 Å². The van der Waals surface area contributed by atoms with Crippen molar-refractivity contribution in [3.63, 3.8) is 0 Å². The second-order valence-electron chi connectivity index (χ2n) is 4.30. The summed E-state index contributed by atoms with van der Waals surface area (Å²) in [5, 5.41) is 0. The van der Waals surface area contributed by atoms with Crippen LogP contribution in [-0.2, 0) is 0 Å². The number of hydrogen-bond donors (Lipinski definition) is 0. The van der Waals surface area contributed by atoms with Crippen LogP contribution >= 0.6 is 0 Å². The molecule has 3 unspecified atom stereocenters. The van der Waals surface area contributed by atoms with Crippen LogP contribution < -0.4 is 0 Å². The second-order valence-corrected chi connectivity index (χ2v) is 4.30. The summed E-state index contributed by atoms with van der Waals surface area (Å²) in [5.41, 5.74) is 0. The molecule has 3 atom stereocenters. The van der Waals surface area contributed by atoms with Crippen molar-refractivity contribution in [2.45, 2.75) is 41.0 Å². The van der Waals surface area contributed by atoms with Gasteiger partial charge in [0.1, 0.15) is 0 Å². The smallest absolute Gasteiger partial charge is 0.0185 e. The van der Waals surface area contributed by atoms with E-state index in [4.69, 9.17) is 0 Å². The Hall–Kier alpha value is -0.260. The number of rotatable bonds is 5. The van der Waals surface area contributed by atoms with Crippen LogP contribution in [0, 0.1) is 23.7 Å². The zero-order valence-corrected chi connectivity index (χ0v) is 9.30. The van der Waals surface area contributed by atoms with Gasteiger partial charge in [-0.1, -0.05) is 47.1 Å². The molecule has 0 aliphatic heterocycles. The Balaban J connectivity index is 4.20. The summed E-state index contributed by atoms with van der Waals surface area (Å²) in [4.78, 5) is 0. The summed E-state index contributed by atoms with van der Waals surface area (Å²) >= 11 is 0. The maximum atomic E-state index is 3.92. The first-order chi connectivity index (χ1) is 5.54. The van der Waals surface area contributed by atoms with E-state index in [2.05, 4.69) is 47.3 Å². The second kappa shape index (κ2) is 5.40. The Labute approximate surface area is 78.1 Å². The van der Waals surface area contributed by atoms with Gasteiger partial charge in [0.15, 0.2) is 0 Å². The Morgan fingerprint density at radius 3 is 1.92 bits per heavy atom. The van der Waals surface area contributed by atoms with Crippen molar-refractivity contribution in [2.75, 3.05) is 0 Å². The van der Waals surface area contributed by atoms with E-state index in [0.29, 0.717) is 5.92 Å². The predicted molar refractivity (Wildman–Crippen MR) is 57.1 cm³/mol. The van der Waals surface area contributed by atoms with Gasteiger partial charge in [-0.15, -0.1) is 6.58 Å². The van der Waals surface area contributed by atoms with E-state index < -0.39 is 0 Å². The van der Waals surface area contributed by atoms with Gasteiger partial charge in [-0.3, -0.25) is 0 Å². The Bertz CT molecular complexity index is 124. The van der Waals surface area contributed by atoms with Crippen LogP contribution in [0.2, 0.25) is 0 Å². The molecule has 12 heavy (non-hydrogen) atoms. The minimum Gasteiger partial charge on any atom is -0.103 e. The molecule has 0 saturated carbocycles. The van der Waals surface area contributed by atoms with Crippen molar-refractivity contribution >= 4 is 0 Å². The van der Waals surface area contributed by atoms with Gasteiger partial charge in [-0.25, -0.2) is 0 Å². The van der Waals surface area contributed by atoms with Crippen LogP contribution in [0.4, 0.5) is 0 Å². The molecule has 0 amide bonds. The fraction of sp³-hybridized carbons (Fsp3) is 0.833. The molecule has 0 aromatic heterocycles. The molecular formula is C12H24. The lowest BCUT2D eigenvalue weighted by Gasteiger charge is -2.28. The zero-order valence-electron chi connectivity index (χ0n) is 9.30. The summed E-state index contributed by atoms with van der Waals surface area (Å²) in [5.74, 6) is 2.99. The van der Waals surface area contributed by atoms with Crippen LogP contribution in [0.5, 0.6) is 0 Å². The van der Waals surface area contributed by atoms with Crippen molar-refractivity contribution in [3.8, 4) is 0 Å². The highest BCUT2D eigenvalue weighted by molar-refractivity contribution is 4.86. The minimum absolute atomic E-state index is 0.681. The fourth-order valence-electron chi connectivity index (χ4n) is 1.85. The molecule has 0 aliphatic carbocycles. The molecule has 0 nitrogen and oxygen atoms in total. The van der Waals surface area contributed by atoms with E-state index >= 15 is 0 Å². The molecule has 0 rings (SSSR count). The van der Waals surface area contributed by atoms with Crippen LogP contribution in [-0.4, -0.2) is 0 Å². The van der Waals surface area contributed by atoms with Crippen molar-refractivity contribution in [1.82, 2.24) is 0 Å². The summed E-state index contributed by atoms with van der Waals surface area (Å²) in [6, 6.07) is 0. The highest BCUT2D eigenvalue weighted by atomic mass is 14.3. The summed E-state index contributed by atoms with van der Waals surface area (Å²) < 4.78 is 0. The third-order valence-electron chi connectivity index (χ3n) is 3.19. The molecule has 0 spiro atoms. The standard InChI is InChI=1S/C12H24/c1-7-10(5)11(6)12(8-2)9(3)4/h8-12H,2,7H2,1,3-6H3. The van der Waals surface area contributed by atoms with E-state index in [1.807, 2.05) is 0 Å². The van der Waals surface area contributed by atoms with Crippen molar-refractivity contribution in [2.24, 2.45) is 23.7 Å². The molecule has 0 heterocycles. The van der Waals surface area contributed by atoms with Gasteiger partial charge in [0.25, 0.3) is 0 Å². The molecular weight excluding hydrogens is 144 g/mol. The van der Waals surface area contributed by atoms with E-state index in [9.17, 15) is 0 Å². The maximum Gasteiger partial charge on any atom is -0.0185 e. The van der Waals surface area contributed by atoms with Crippen LogP contribution in [0.25, 0.3) is 0 Å². The lowest BCUT2D eigenvalue weighted by Crippen LogP contribution is -2.21. The fourth-order valence-corrected chi connectivity index (χ4v) is 1.85. The molecule has 0 saturated heterocycles. The Kier molecular flexibility index (Phi) is 5.28. The molecule has 0 fully saturated rings. The molecule has 72 valence electrons. The highest BCUT2D eigenvalue weighted by Crippen LogP contribution is 2.29. The van der Waals surface area contributed by atoms with E-state index in [1.165, 1.54) is 6.42 Å². The molecule has 0 aromatic rings. The first-order valence-electron chi connectivity index (χ1n) is 5.17. The van der Waals surface area contributed by atoms with Gasteiger partial charge < -0.3 is 0 Å². The van der Waals surface area contributed by atoms with Crippen LogP contribution in [0.1, 0.15) is 41.0 Å². The first-order valence-corrected chi connectivity index (χ1v) is 5.17. The molecule has 0 bridgehead atoms. The third-order valence-corrected chi connectivity index (χ3v) is 3.19. The summed E-state index contributed by atoms with van der Waals surface area (Å²) in [7, 11) is 0. The highest BCUT2D eigenvalue weighted by Gasteiger charge is 2.21. The maximum absolute atomic E-state index is 3.92. The van der Waals surface area contributed by atoms with Crippen molar-refractivity contribution < 1.29 is 0 Å². The first kappa shape index (κ1) is 11.7. The topological polar surface area (TPSA) is 0 Å². The average Bonchev–Trinajstić information content (AvgIpc) is 2.03. The van der Waals surface area contributed by atoms with Crippen molar-refractivity contribution in [3.05, 3.63) is 12.7 Å². The van der Waals surface area contributed by atoms with Gasteiger partial charge in [0, 0.05) is 0 Å². The predicted octanol–water partition coefficient (Wildman–Crippen LogP) is 4.13. The lowest BCUT2D eigenvalue weighted by molar-refractivity contribution is 0.246. The van der Waals surface area contributed by atoms with Gasteiger partial charge in [0.2, 0.25) is 0 Å². The van der Waals surface area contributed by atoms with Crippen LogP contribution in [0.3, 0.4) is 0 Å². The van der Waals surface area contributed by atoms with Gasteiger partial charge in [-0.2, -0.15) is 0 Å².